The van der Waals surface area contributed by atoms with E-state index in [-0.39, 0.29) is 24.1 Å². The third kappa shape index (κ3) is 5.53. The lowest BCUT2D eigenvalue weighted by Gasteiger charge is -2.13. The van der Waals surface area contributed by atoms with Crippen LogP contribution in [0.2, 0.25) is 0 Å². The summed E-state index contributed by atoms with van der Waals surface area (Å²) in [7, 11) is 2.94. The summed E-state index contributed by atoms with van der Waals surface area (Å²) in [5.41, 5.74) is 1.98. The Morgan fingerprint density at radius 1 is 1.29 bits per heavy atom. The monoisotopic (exact) mass is 329 g/mol. The highest BCUT2D eigenvalue weighted by atomic mass is 16.6. The molecule has 1 aromatic rings. The molecule has 8 heteroatoms. The first-order chi connectivity index (χ1) is 11.5. The van der Waals surface area contributed by atoms with Crippen LogP contribution in [0.5, 0.6) is 0 Å². The highest BCUT2D eigenvalue weighted by molar-refractivity contribution is 6.49. The van der Waals surface area contributed by atoms with Gasteiger partial charge in [0, 0.05) is 25.1 Å². The van der Waals surface area contributed by atoms with Crippen molar-refractivity contribution in [2.45, 2.75) is 20.5 Å². The first-order valence-corrected chi connectivity index (χ1v) is 7.04. The van der Waals surface area contributed by atoms with Crippen molar-refractivity contribution in [2.24, 2.45) is 15.3 Å². The fraction of sp³-hybridized carbons (Fsp3) is 0.312. The van der Waals surface area contributed by atoms with Crippen LogP contribution in [0.3, 0.4) is 0 Å². The van der Waals surface area contributed by atoms with Gasteiger partial charge in [-0.15, -0.1) is 0 Å². The van der Waals surface area contributed by atoms with E-state index in [4.69, 9.17) is 14.9 Å². The molecule has 0 heterocycles. The van der Waals surface area contributed by atoms with Crippen molar-refractivity contribution in [3.8, 4) is 6.07 Å². The Hall–Kier alpha value is -3.21. The Kier molecular flexibility index (Phi) is 7.64. The van der Waals surface area contributed by atoms with Crippen LogP contribution in [0.25, 0.3) is 0 Å². The SMILES string of the molecule is CN=C(NC(C)=O)C(=NOC)c1ccccc1CO/N=C(/C)C#N. The van der Waals surface area contributed by atoms with Gasteiger partial charge in [-0.2, -0.15) is 5.26 Å². The van der Waals surface area contributed by atoms with E-state index >= 15 is 0 Å². The van der Waals surface area contributed by atoms with Crippen molar-refractivity contribution < 1.29 is 14.5 Å². The average molecular weight is 329 g/mol. The van der Waals surface area contributed by atoms with Crippen LogP contribution in [-0.4, -0.2) is 37.3 Å². The van der Waals surface area contributed by atoms with Gasteiger partial charge in [0.2, 0.25) is 5.91 Å². The molecule has 0 radical (unpaired) electrons. The Morgan fingerprint density at radius 3 is 2.58 bits per heavy atom. The Labute approximate surface area is 140 Å². The molecular weight excluding hydrogens is 310 g/mol. The van der Waals surface area contributed by atoms with E-state index in [0.717, 1.165) is 5.56 Å². The second kappa shape index (κ2) is 9.74. The number of benzene rings is 1. The maximum atomic E-state index is 11.4. The van der Waals surface area contributed by atoms with E-state index in [9.17, 15) is 4.79 Å². The Morgan fingerprint density at radius 2 is 2.00 bits per heavy atom. The van der Waals surface area contributed by atoms with Crippen LogP contribution in [0.4, 0.5) is 0 Å². The zero-order valence-electron chi connectivity index (χ0n) is 14.0. The van der Waals surface area contributed by atoms with Gasteiger partial charge in [-0.05, 0) is 6.92 Å². The van der Waals surface area contributed by atoms with E-state index in [1.54, 1.807) is 13.0 Å². The normalized spacial score (nSPS) is 12.4. The zero-order valence-corrected chi connectivity index (χ0v) is 14.0. The van der Waals surface area contributed by atoms with Crippen LogP contribution in [-0.2, 0) is 21.1 Å². The third-order valence-electron chi connectivity index (χ3n) is 2.78. The first kappa shape index (κ1) is 18.8. The molecule has 0 aliphatic heterocycles. The lowest BCUT2D eigenvalue weighted by atomic mass is 10.0. The van der Waals surface area contributed by atoms with Crippen LogP contribution in [0, 0.1) is 11.3 Å². The van der Waals surface area contributed by atoms with Gasteiger partial charge in [-0.25, -0.2) is 0 Å². The molecule has 0 saturated heterocycles. The number of aliphatic imine (C=N–C) groups is 1. The van der Waals surface area contributed by atoms with Crippen LogP contribution >= 0.6 is 0 Å². The number of amidine groups is 1. The van der Waals surface area contributed by atoms with Gasteiger partial charge in [-0.3, -0.25) is 9.79 Å². The summed E-state index contributed by atoms with van der Waals surface area (Å²) in [5, 5.41) is 18.9. The molecule has 0 bridgehead atoms. The molecule has 0 atom stereocenters. The second-order valence-corrected chi connectivity index (χ2v) is 4.59. The third-order valence-corrected chi connectivity index (χ3v) is 2.78. The van der Waals surface area contributed by atoms with Crippen LogP contribution in [0.15, 0.2) is 39.6 Å². The molecule has 0 fully saturated rings. The van der Waals surface area contributed by atoms with E-state index in [0.29, 0.717) is 11.3 Å². The van der Waals surface area contributed by atoms with Crippen molar-refractivity contribution >= 4 is 23.2 Å². The molecule has 0 unspecified atom stereocenters. The van der Waals surface area contributed by atoms with Gasteiger partial charge >= 0.3 is 0 Å². The van der Waals surface area contributed by atoms with Gasteiger partial charge in [0.05, 0.1) is 0 Å². The van der Waals surface area contributed by atoms with E-state index < -0.39 is 0 Å². The topological polar surface area (TPSA) is 108 Å². The molecule has 0 saturated carbocycles. The number of nitriles is 1. The largest absolute Gasteiger partial charge is 0.399 e. The number of oxime groups is 2. The smallest absolute Gasteiger partial charge is 0.222 e. The van der Waals surface area contributed by atoms with E-state index in [1.807, 2.05) is 24.3 Å². The maximum absolute atomic E-state index is 11.4. The minimum absolute atomic E-state index is 0.120. The lowest BCUT2D eigenvalue weighted by molar-refractivity contribution is -0.117. The number of nitrogens with one attached hydrogen (secondary N) is 1. The van der Waals surface area contributed by atoms with Crippen molar-refractivity contribution in [1.82, 2.24) is 5.32 Å². The average Bonchev–Trinajstić information content (AvgIpc) is 2.58. The number of hydrogen-bond acceptors (Lipinski definition) is 7. The second-order valence-electron chi connectivity index (χ2n) is 4.59. The number of carbonyl (C=O) groups excluding carboxylic acids is 1. The minimum atomic E-state index is -0.276. The Bertz CT molecular complexity index is 717. The maximum Gasteiger partial charge on any atom is 0.222 e. The number of carbonyl (C=O) groups is 1. The van der Waals surface area contributed by atoms with Gasteiger partial charge in [0.25, 0.3) is 0 Å². The molecule has 0 aliphatic carbocycles. The molecule has 0 spiro atoms. The van der Waals surface area contributed by atoms with E-state index in [2.05, 4.69) is 20.6 Å². The van der Waals surface area contributed by atoms with Gasteiger partial charge in [-0.1, -0.05) is 34.6 Å². The quantitative estimate of drug-likeness (QED) is 0.486. The first-order valence-electron chi connectivity index (χ1n) is 7.04. The summed E-state index contributed by atoms with van der Waals surface area (Å²) in [6, 6.07) is 9.13. The summed E-state index contributed by atoms with van der Waals surface area (Å²) in [6.45, 7) is 3.04. The fourth-order valence-corrected chi connectivity index (χ4v) is 1.80. The molecule has 0 aliphatic rings. The number of rotatable bonds is 6. The van der Waals surface area contributed by atoms with Crippen LogP contribution < -0.4 is 5.32 Å². The molecule has 126 valence electrons. The van der Waals surface area contributed by atoms with E-state index in [1.165, 1.54) is 21.1 Å². The minimum Gasteiger partial charge on any atom is -0.399 e. The fourth-order valence-electron chi connectivity index (χ4n) is 1.80. The number of amides is 1. The van der Waals surface area contributed by atoms with Crippen LogP contribution in [0.1, 0.15) is 25.0 Å². The highest BCUT2D eigenvalue weighted by Crippen LogP contribution is 2.13. The van der Waals surface area contributed by atoms with Gasteiger partial charge in [0.15, 0.2) is 17.3 Å². The molecular formula is C16H19N5O3. The lowest BCUT2D eigenvalue weighted by Crippen LogP contribution is -2.36. The summed E-state index contributed by atoms with van der Waals surface area (Å²) >= 11 is 0. The predicted octanol–water partition coefficient (Wildman–Crippen LogP) is 1.62. The molecule has 24 heavy (non-hydrogen) atoms. The summed E-state index contributed by atoms with van der Waals surface area (Å²) in [4.78, 5) is 25.5. The summed E-state index contributed by atoms with van der Waals surface area (Å²) in [6.07, 6.45) is 0. The van der Waals surface area contributed by atoms with Crippen molar-refractivity contribution in [3.63, 3.8) is 0 Å². The van der Waals surface area contributed by atoms with Gasteiger partial charge in [0.1, 0.15) is 19.8 Å². The molecule has 0 aromatic heterocycles. The molecule has 8 nitrogen and oxygen atoms in total. The molecule has 1 amide bonds. The molecule has 1 N–H and O–H groups in total. The van der Waals surface area contributed by atoms with Gasteiger partial charge < -0.3 is 15.0 Å². The summed E-state index contributed by atoms with van der Waals surface area (Å²) < 4.78 is 0. The molecule has 1 rings (SSSR count). The summed E-state index contributed by atoms with van der Waals surface area (Å²) in [5.74, 6) is -0.00381. The van der Waals surface area contributed by atoms with Crippen molar-refractivity contribution in [3.05, 3.63) is 35.4 Å². The number of nitrogens with zero attached hydrogens (tertiary/aromatic N) is 4. The zero-order chi connectivity index (χ0) is 17.9. The predicted molar refractivity (Wildman–Crippen MR) is 90.7 cm³/mol. The standard InChI is InChI=1S/C16H19N5O3/c1-11(9-17)20-24-10-13-7-5-6-8-14(13)15(21-23-4)16(18-3)19-12(2)22/h5-8H,10H2,1-4H3,(H,18,19,22)/b20-11-,21-15?. The van der Waals surface area contributed by atoms with Crippen molar-refractivity contribution in [1.29, 1.82) is 5.26 Å². The Balaban J connectivity index is 3.19. The van der Waals surface area contributed by atoms with Crippen molar-refractivity contribution in [2.75, 3.05) is 14.2 Å². The molecule has 1 aromatic carbocycles. The highest BCUT2D eigenvalue weighted by Gasteiger charge is 2.17. The number of hydrogen-bond donors (Lipinski definition) is 1.